The summed E-state index contributed by atoms with van der Waals surface area (Å²) < 4.78 is 5.68. The van der Waals surface area contributed by atoms with Crippen LogP contribution in [0.3, 0.4) is 0 Å². The number of nitrogens with two attached hydrogens (primary N) is 1. The summed E-state index contributed by atoms with van der Waals surface area (Å²) in [5.74, 6) is 1.35. The van der Waals surface area contributed by atoms with Crippen molar-refractivity contribution in [2.45, 2.75) is 50.5 Å². The lowest BCUT2D eigenvalue weighted by Crippen LogP contribution is -2.53. The molecule has 1 aliphatic heterocycles. The molecule has 3 unspecified atom stereocenters. The Morgan fingerprint density at radius 3 is 3.00 bits per heavy atom. The number of amides is 1. The summed E-state index contributed by atoms with van der Waals surface area (Å²) in [5.41, 5.74) is 7.16. The molecule has 0 aromatic heterocycles. The number of benzene rings is 1. The number of carbonyl (C=O) groups excluding carboxylic acids is 1. The maximum atomic E-state index is 12.5. The zero-order valence-corrected chi connectivity index (χ0v) is 13.3. The Morgan fingerprint density at radius 2 is 2.18 bits per heavy atom. The second-order valence-electron chi connectivity index (χ2n) is 6.92. The van der Waals surface area contributed by atoms with Crippen LogP contribution >= 0.6 is 0 Å². The summed E-state index contributed by atoms with van der Waals surface area (Å²) in [6.45, 7) is 3.40. The number of para-hydroxylation sites is 1. The van der Waals surface area contributed by atoms with Gasteiger partial charge in [0.15, 0.2) is 0 Å². The second-order valence-corrected chi connectivity index (χ2v) is 6.92. The van der Waals surface area contributed by atoms with Crippen molar-refractivity contribution in [1.29, 1.82) is 0 Å². The van der Waals surface area contributed by atoms with Crippen LogP contribution in [0.5, 0.6) is 5.75 Å². The van der Waals surface area contributed by atoms with Gasteiger partial charge in [-0.2, -0.15) is 0 Å². The highest BCUT2D eigenvalue weighted by Gasteiger charge is 2.37. The largest absolute Gasteiger partial charge is 0.493 e. The monoisotopic (exact) mass is 302 g/mol. The molecule has 1 heterocycles. The fourth-order valence-corrected chi connectivity index (χ4v) is 3.76. The molecular formula is C18H26N2O2. The highest BCUT2D eigenvalue weighted by molar-refractivity contribution is 5.80. The molecule has 1 saturated carbocycles. The van der Waals surface area contributed by atoms with E-state index < -0.39 is 0 Å². The van der Waals surface area contributed by atoms with Crippen molar-refractivity contribution in [3.8, 4) is 5.75 Å². The van der Waals surface area contributed by atoms with Gasteiger partial charge in [0.2, 0.25) is 5.91 Å². The van der Waals surface area contributed by atoms with Gasteiger partial charge in [-0.3, -0.25) is 4.79 Å². The average Bonchev–Trinajstić information content (AvgIpc) is 2.52. The third-order valence-electron chi connectivity index (χ3n) is 5.18. The van der Waals surface area contributed by atoms with E-state index in [1.54, 1.807) is 0 Å². The summed E-state index contributed by atoms with van der Waals surface area (Å²) in [4.78, 5) is 12.5. The number of hydrogen-bond acceptors (Lipinski definition) is 3. The van der Waals surface area contributed by atoms with Gasteiger partial charge < -0.3 is 15.8 Å². The van der Waals surface area contributed by atoms with E-state index in [2.05, 4.69) is 11.4 Å². The van der Waals surface area contributed by atoms with Crippen LogP contribution < -0.4 is 15.8 Å². The molecule has 0 spiro atoms. The molecular weight excluding hydrogens is 276 g/mol. The van der Waals surface area contributed by atoms with E-state index in [0.717, 1.165) is 44.5 Å². The van der Waals surface area contributed by atoms with Crippen molar-refractivity contribution in [3.05, 3.63) is 29.8 Å². The smallest absolute Gasteiger partial charge is 0.224 e. The van der Waals surface area contributed by atoms with Gasteiger partial charge in [0, 0.05) is 18.0 Å². The Balaban J connectivity index is 1.62. The van der Waals surface area contributed by atoms with Crippen LogP contribution in [0.1, 0.15) is 50.5 Å². The highest BCUT2D eigenvalue weighted by atomic mass is 16.5. The predicted molar refractivity (Wildman–Crippen MR) is 86.9 cm³/mol. The fourth-order valence-electron chi connectivity index (χ4n) is 3.76. The number of fused-ring (bicyclic) bond motifs is 1. The third-order valence-corrected chi connectivity index (χ3v) is 5.18. The lowest BCUT2D eigenvalue weighted by Gasteiger charge is -2.37. The van der Waals surface area contributed by atoms with Crippen LogP contribution in [0.25, 0.3) is 0 Å². The molecule has 3 N–H and O–H groups in total. The summed E-state index contributed by atoms with van der Waals surface area (Å²) in [6, 6.07) is 8.11. The Labute approximate surface area is 132 Å². The summed E-state index contributed by atoms with van der Waals surface area (Å²) in [7, 11) is 0. The number of hydrogen-bond donors (Lipinski definition) is 2. The Morgan fingerprint density at radius 1 is 1.36 bits per heavy atom. The summed E-state index contributed by atoms with van der Waals surface area (Å²) >= 11 is 0. The third kappa shape index (κ3) is 3.12. The summed E-state index contributed by atoms with van der Waals surface area (Å²) in [6.07, 6.45) is 5.02. The SMILES string of the molecule is CC1(N)CCCCC1C(=O)NCC1CCOc2ccccc21. The van der Waals surface area contributed by atoms with Crippen LogP contribution in [0.2, 0.25) is 0 Å². The molecule has 1 amide bonds. The molecule has 1 aromatic rings. The van der Waals surface area contributed by atoms with Gasteiger partial charge in [-0.1, -0.05) is 31.0 Å². The molecule has 4 nitrogen and oxygen atoms in total. The predicted octanol–water partition coefficient (Wildman–Crippen LogP) is 2.58. The van der Waals surface area contributed by atoms with Gasteiger partial charge in [-0.05, 0) is 37.8 Å². The van der Waals surface area contributed by atoms with E-state index in [4.69, 9.17) is 10.5 Å². The molecule has 22 heavy (non-hydrogen) atoms. The Kier molecular flexibility index (Phi) is 4.39. The maximum Gasteiger partial charge on any atom is 0.224 e. The van der Waals surface area contributed by atoms with Crippen LogP contribution in [-0.2, 0) is 4.79 Å². The maximum absolute atomic E-state index is 12.5. The minimum atomic E-state index is -0.365. The first-order chi connectivity index (χ1) is 10.6. The molecule has 0 radical (unpaired) electrons. The first-order valence-corrected chi connectivity index (χ1v) is 8.36. The van der Waals surface area contributed by atoms with Crippen molar-refractivity contribution in [2.24, 2.45) is 11.7 Å². The van der Waals surface area contributed by atoms with E-state index in [1.807, 2.05) is 25.1 Å². The zero-order valence-electron chi connectivity index (χ0n) is 13.3. The van der Waals surface area contributed by atoms with Crippen LogP contribution in [0.4, 0.5) is 0 Å². The lowest BCUT2D eigenvalue weighted by molar-refractivity contribution is -0.128. The van der Waals surface area contributed by atoms with E-state index >= 15 is 0 Å². The van der Waals surface area contributed by atoms with E-state index in [9.17, 15) is 4.79 Å². The molecule has 0 bridgehead atoms. The molecule has 3 atom stereocenters. The summed E-state index contributed by atoms with van der Waals surface area (Å²) in [5, 5.41) is 3.14. The highest BCUT2D eigenvalue weighted by Crippen LogP contribution is 2.34. The molecule has 4 heteroatoms. The first-order valence-electron chi connectivity index (χ1n) is 8.36. The molecule has 120 valence electrons. The normalized spacial score (nSPS) is 31.0. The average molecular weight is 302 g/mol. The van der Waals surface area contributed by atoms with E-state index in [-0.39, 0.29) is 17.4 Å². The van der Waals surface area contributed by atoms with Gasteiger partial charge in [0.25, 0.3) is 0 Å². The fraction of sp³-hybridized carbons (Fsp3) is 0.611. The van der Waals surface area contributed by atoms with E-state index in [1.165, 1.54) is 5.56 Å². The standard InChI is InChI=1S/C18H26N2O2/c1-18(19)10-5-4-7-15(18)17(21)20-12-13-9-11-22-16-8-3-2-6-14(13)16/h2-3,6,8,13,15H,4-5,7,9-12,19H2,1H3,(H,20,21). The van der Waals surface area contributed by atoms with Crippen LogP contribution in [0.15, 0.2) is 24.3 Å². The van der Waals surface area contributed by atoms with Gasteiger partial charge in [-0.25, -0.2) is 0 Å². The van der Waals surface area contributed by atoms with Crippen molar-refractivity contribution < 1.29 is 9.53 Å². The van der Waals surface area contributed by atoms with E-state index in [0.29, 0.717) is 12.5 Å². The number of nitrogens with one attached hydrogen (secondary N) is 1. The lowest BCUT2D eigenvalue weighted by atomic mass is 9.74. The van der Waals surface area contributed by atoms with Gasteiger partial charge >= 0.3 is 0 Å². The zero-order chi connectivity index (χ0) is 15.6. The number of carbonyl (C=O) groups is 1. The number of rotatable bonds is 3. The van der Waals surface area contributed by atoms with Crippen molar-refractivity contribution >= 4 is 5.91 Å². The Hall–Kier alpha value is -1.55. The minimum Gasteiger partial charge on any atom is -0.493 e. The van der Waals surface area contributed by atoms with Crippen LogP contribution in [0, 0.1) is 5.92 Å². The molecule has 3 rings (SSSR count). The molecule has 1 fully saturated rings. The van der Waals surface area contributed by atoms with Gasteiger partial charge in [-0.15, -0.1) is 0 Å². The molecule has 0 saturated heterocycles. The van der Waals surface area contributed by atoms with Gasteiger partial charge in [0.05, 0.1) is 12.5 Å². The first kappa shape index (κ1) is 15.3. The van der Waals surface area contributed by atoms with Gasteiger partial charge in [0.1, 0.15) is 5.75 Å². The minimum absolute atomic E-state index is 0.0589. The molecule has 2 aliphatic rings. The molecule has 1 aromatic carbocycles. The number of ether oxygens (including phenoxy) is 1. The van der Waals surface area contributed by atoms with Crippen molar-refractivity contribution in [3.63, 3.8) is 0 Å². The topological polar surface area (TPSA) is 64.4 Å². The second kappa shape index (κ2) is 6.29. The van der Waals surface area contributed by atoms with Crippen molar-refractivity contribution in [1.82, 2.24) is 5.32 Å². The molecule has 1 aliphatic carbocycles. The van der Waals surface area contributed by atoms with Crippen molar-refractivity contribution in [2.75, 3.05) is 13.2 Å². The Bertz CT molecular complexity index is 542. The van der Waals surface area contributed by atoms with Crippen LogP contribution in [-0.4, -0.2) is 24.6 Å². The quantitative estimate of drug-likeness (QED) is 0.902.